The van der Waals surface area contributed by atoms with Gasteiger partial charge in [0.2, 0.25) is 17.7 Å². The Morgan fingerprint density at radius 2 is 1.60 bits per heavy atom. The molecule has 0 aromatic rings. The second kappa shape index (κ2) is 11.2. The van der Waals surface area contributed by atoms with Gasteiger partial charge in [-0.15, -0.1) is 0 Å². The number of imide groups is 1. The third-order valence-electron chi connectivity index (χ3n) is 5.31. The highest BCUT2D eigenvalue weighted by atomic mass is 16.2. The lowest BCUT2D eigenvalue weighted by Gasteiger charge is -2.38. The maximum atomic E-state index is 12.6. The first kappa shape index (κ1) is 23.2. The predicted molar refractivity (Wildman–Crippen MR) is 106 cm³/mol. The number of hydrogen-bond acceptors (Lipinski definition) is 6. The fourth-order valence-corrected chi connectivity index (χ4v) is 3.34. The minimum atomic E-state index is -1.14. The fraction of sp³-hybridized carbons (Fsp3) is 0.600. The molecule has 1 fully saturated rings. The molecule has 164 valence electrons. The van der Waals surface area contributed by atoms with Gasteiger partial charge in [-0.1, -0.05) is 6.42 Å². The van der Waals surface area contributed by atoms with Crippen molar-refractivity contribution >= 4 is 35.8 Å². The van der Waals surface area contributed by atoms with Gasteiger partial charge >= 0.3 is 0 Å². The fourth-order valence-electron chi connectivity index (χ4n) is 3.34. The van der Waals surface area contributed by atoms with Gasteiger partial charge in [0.25, 0.3) is 11.8 Å². The Morgan fingerprint density at radius 1 is 0.933 bits per heavy atom. The Kier molecular flexibility index (Phi) is 8.70. The Morgan fingerprint density at radius 3 is 2.20 bits per heavy atom. The zero-order valence-electron chi connectivity index (χ0n) is 16.9. The summed E-state index contributed by atoms with van der Waals surface area (Å²) in [6.45, 7) is 0.704. The first-order valence-electron chi connectivity index (χ1n) is 10.2. The first-order valence-corrected chi connectivity index (χ1v) is 10.2. The van der Waals surface area contributed by atoms with Crippen LogP contribution in [0.3, 0.4) is 0 Å². The Bertz CT molecular complexity index is 711. The van der Waals surface area contributed by atoms with E-state index in [9.17, 15) is 28.8 Å². The molecule has 0 spiro atoms. The molecule has 0 radical (unpaired) electrons. The summed E-state index contributed by atoms with van der Waals surface area (Å²) >= 11 is 0. The second-order valence-corrected chi connectivity index (χ2v) is 7.40. The summed E-state index contributed by atoms with van der Waals surface area (Å²) in [6, 6.07) is 0. The summed E-state index contributed by atoms with van der Waals surface area (Å²) in [5.74, 6) is -1.82. The predicted octanol–water partition coefficient (Wildman–Crippen LogP) is -0.810. The van der Waals surface area contributed by atoms with Crippen molar-refractivity contribution in [2.45, 2.75) is 44.9 Å². The molecule has 10 nitrogen and oxygen atoms in total. The van der Waals surface area contributed by atoms with E-state index in [-0.39, 0.29) is 37.2 Å². The van der Waals surface area contributed by atoms with Gasteiger partial charge < -0.3 is 20.7 Å². The van der Waals surface area contributed by atoms with Crippen LogP contribution in [0.1, 0.15) is 44.9 Å². The van der Waals surface area contributed by atoms with E-state index in [1.165, 1.54) is 17.1 Å². The highest BCUT2D eigenvalue weighted by Crippen LogP contribution is 2.41. The lowest BCUT2D eigenvalue weighted by Crippen LogP contribution is -2.56. The Labute approximate surface area is 174 Å². The average molecular weight is 420 g/mol. The van der Waals surface area contributed by atoms with Crippen molar-refractivity contribution < 1.29 is 28.8 Å². The molecule has 3 N–H and O–H groups in total. The van der Waals surface area contributed by atoms with Crippen molar-refractivity contribution in [1.82, 2.24) is 20.9 Å². The minimum Gasteiger partial charge on any atom is -0.355 e. The number of aldehydes is 1. The smallest absolute Gasteiger partial charge is 0.253 e. The minimum absolute atomic E-state index is 0.202. The number of rotatable bonds is 13. The lowest BCUT2D eigenvalue weighted by atomic mass is 9.67. The highest BCUT2D eigenvalue weighted by Gasteiger charge is 2.50. The maximum Gasteiger partial charge on any atom is 0.253 e. The van der Waals surface area contributed by atoms with Crippen LogP contribution in [0.25, 0.3) is 0 Å². The van der Waals surface area contributed by atoms with E-state index in [0.29, 0.717) is 45.1 Å². The number of nitrogens with zero attached hydrogens (tertiary/aromatic N) is 1. The van der Waals surface area contributed by atoms with Crippen molar-refractivity contribution in [3.63, 3.8) is 0 Å². The normalized spacial score (nSPS) is 16.7. The third-order valence-corrected chi connectivity index (χ3v) is 5.31. The summed E-state index contributed by atoms with van der Waals surface area (Å²) in [7, 11) is 0. The van der Waals surface area contributed by atoms with Crippen molar-refractivity contribution in [2.75, 3.05) is 26.2 Å². The van der Waals surface area contributed by atoms with Crippen LogP contribution in [-0.2, 0) is 28.8 Å². The molecule has 5 amide bonds. The molecule has 1 aliphatic heterocycles. The van der Waals surface area contributed by atoms with Crippen molar-refractivity contribution in [2.24, 2.45) is 5.41 Å². The van der Waals surface area contributed by atoms with E-state index in [4.69, 9.17) is 0 Å². The molecular formula is C20H28N4O6. The molecule has 0 atom stereocenters. The number of carbonyl (C=O) groups is 6. The molecule has 1 heterocycles. The molecule has 1 saturated carbocycles. The van der Waals surface area contributed by atoms with Crippen LogP contribution in [-0.4, -0.2) is 66.9 Å². The summed E-state index contributed by atoms with van der Waals surface area (Å²) in [6.07, 6.45) is 7.04. The molecule has 30 heavy (non-hydrogen) atoms. The van der Waals surface area contributed by atoms with Crippen LogP contribution < -0.4 is 16.0 Å². The molecule has 0 saturated heterocycles. The van der Waals surface area contributed by atoms with Gasteiger partial charge in [-0.05, 0) is 32.1 Å². The first-order chi connectivity index (χ1) is 14.4. The molecule has 0 unspecified atom stereocenters. The van der Waals surface area contributed by atoms with Gasteiger partial charge in [-0.3, -0.25) is 28.9 Å². The van der Waals surface area contributed by atoms with E-state index < -0.39 is 17.2 Å². The van der Waals surface area contributed by atoms with Gasteiger partial charge in [-0.25, -0.2) is 0 Å². The molecule has 2 rings (SSSR count). The third kappa shape index (κ3) is 5.98. The molecule has 0 bridgehead atoms. The number of carbonyl (C=O) groups excluding carboxylic acids is 6. The van der Waals surface area contributed by atoms with E-state index in [1.807, 2.05) is 0 Å². The van der Waals surface area contributed by atoms with Gasteiger partial charge in [0.05, 0.1) is 6.54 Å². The van der Waals surface area contributed by atoms with Gasteiger partial charge in [-0.2, -0.15) is 0 Å². The van der Waals surface area contributed by atoms with Gasteiger partial charge in [0.1, 0.15) is 11.7 Å². The van der Waals surface area contributed by atoms with Crippen LogP contribution in [0.15, 0.2) is 12.2 Å². The van der Waals surface area contributed by atoms with Crippen LogP contribution in [0.5, 0.6) is 0 Å². The zero-order valence-corrected chi connectivity index (χ0v) is 16.9. The number of hydrogen-bond donors (Lipinski definition) is 3. The van der Waals surface area contributed by atoms with Crippen molar-refractivity contribution in [1.29, 1.82) is 0 Å². The molecule has 1 aliphatic carbocycles. The van der Waals surface area contributed by atoms with Crippen LogP contribution in [0.2, 0.25) is 0 Å². The van der Waals surface area contributed by atoms with E-state index >= 15 is 0 Å². The highest BCUT2D eigenvalue weighted by molar-refractivity contribution is 6.12. The summed E-state index contributed by atoms with van der Waals surface area (Å²) < 4.78 is 0. The van der Waals surface area contributed by atoms with Gasteiger partial charge in [0, 0.05) is 38.2 Å². The number of amides is 5. The standard InChI is InChI=1S/C20H28N4O6/c25-13-5-11-21-15(26)14-23-19(30)20(8-4-9-20)18(29)22-10-2-1-3-12-24-16(27)6-7-17(24)28/h6-7,13H,1-5,8-12,14H2,(H,21,26)(H,22,29)(H,23,30). The lowest BCUT2D eigenvalue weighted by molar-refractivity contribution is -0.150. The molecule has 2 aliphatic rings. The molecule has 10 heteroatoms. The second-order valence-electron chi connectivity index (χ2n) is 7.40. The average Bonchev–Trinajstić information content (AvgIpc) is 3.00. The number of nitrogens with one attached hydrogen (secondary N) is 3. The zero-order chi connectivity index (χ0) is 22.0. The molecule has 0 aromatic carbocycles. The largest absolute Gasteiger partial charge is 0.355 e. The quantitative estimate of drug-likeness (QED) is 0.154. The SMILES string of the molecule is O=CCCNC(=O)CNC(=O)C1(C(=O)NCCCCCN2C(=O)C=CC2=O)CCC1. The topological polar surface area (TPSA) is 142 Å². The Hall–Kier alpha value is -3.04. The Balaban J connectivity index is 1.65. The summed E-state index contributed by atoms with van der Waals surface area (Å²) in [5, 5.41) is 7.79. The van der Waals surface area contributed by atoms with Crippen LogP contribution >= 0.6 is 0 Å². The molecular weight excluding hydrogens is 392 g/mol. The van der Waals surface area contributed by atoms with Crippen molar-refractivity contribution in [3.8, 4) is 0 Å². The van der Waals surface area contributed by atoms with Crippen molar-refractivity contribution in [3.05, 3.63) is 12.2 Å². The van der Waals surface area contributed by atoms with Gasteiger partial charge in [0.15, 0.2) is 0 Å². The monoisotopic (exact) mass is 420 g/mol. The van der Waals surface area contributed by atoms with E-state index in [2.05, 4.69) is 16.0 Å². The molecule has 0 aromatic heterocycles. The maximum absolute atomic E-state index is 12.6. The number of unbranched alkanes of at least 4 members (excludes halogenated alkanes) is 2. The summed E-state index contributed by atoms with van der Waals surface area (Å²) in [4.78, 5) is 71.0. The summed E-state index contributed by atoms with van der Waals surface area (Å²) in [5.41, 5.74) is -1.14. The van der Waals surface area contributed by atoms with Crippen LogP contribution in [0, 0.1) is 5.41 Å². The van der Waals surface area contributed by atoms with E-state index in [1.54, 1.807) is 0 Å². The van der Waals surface area contributed by atoms with E-state index in [0.717, 1.165) is 12.8 Å². The van der Waals surface area contributed by atoms with Crippen LogP contribution in [0.4, 0.5) is 0 Å².